The molecular weight excluding hydrogens is 466 g/mol. The van der Waals surface area contributed by atoms with Crippen molar-refractivity contribution in [3.8, 4) is 11.5 Å². The second-order valence-electron chi connectivity index (χ2n) is 9.00. The quantitative estimate of drug-likeness (QED) is 0.528. The number of likely N-dealkylation sites (N-methyl/N-ethyl adjacent to an activating group) is 1. The van der Waals surface area contributed by atoms with Gasteiger partial charge < -0.3 is 15.2 Å². The van der Waals surface area contributed by atoms with Crippen LogP contribution >= 0.6 is 23.2 Å². The molecule has 2 atom stereocenters. The van der Waals surface area contributed by atoms with E-state index in [2.05, 4.69) is 19.2 Å². The van der Waals surface area contributed by atoms with Crippen LogP contribution in [-0.2, 0) is 17.8 Å². The summed E-state index contributed by atoms with van der Waals surface area (Å²) in [5.74, 6) is 0.444. The molecule has 1 spiro atoms. The van der Waals surface area contributed by atoms with E-state index in [4.69, 9.17) is 27.9 Å². The van der Waals surface area contributed by atoms with Gasteiger partial charge in [0.1, 0.15) is 33.4 Å². The number of halogens is 3. The lowest BCUT2D eigenvalue weighted by molar-refractivity contribution is -0.136. The predicted octanol–water partition coefficient (Wildman–Crippen LogP) is 5.59. The number of nitrogens with zero attached hydrogens (tertiary/aromatic N) is 1. The normalized spacial score (nSPS) is 22.0. The first-order chi connectivity index (χ1) is 15.7. The Labute approximate surface area is 203 Å². The highest BCUT2D eigenvalue weighted by Gasteiger charge is 2.61. The zero-order valence-electron chi connectivity index (χ0n) is 18.8. The fourth-order valence-electron chi connectivity index (χ4n) is 4.54. The van der Waals surface area contributed by atoms with Gasteiger partial charge in [0.2, 0.25) is 5.72 Å². The fourth-order valence-corrected chi connectivity index (χ4v) is 5.16. The Balaban J connectivity index is 1.75. The average molecular weight is 493 g/mol. The van der Waals surface area contributed by atoms with Crippen LogP contribution in [0.1, 0.15) is 49.4 Å². The smallest absolute Gasteiger partial charge is 0.269 e. The lowest BCUT2D eigenvalue weighted by Crippen LogP contribution is -2.55. The van der Waals surface area contributed by atoms with Gasteiger partial charge in [-0.1, -0.05) is 55.6 Å². The predicted molar refractivity (Wildman–Crippen MR) is 127 cm³/mol. The molecule has 33 heavy (non-hydrogen) atoms. The number of hydrogen-bond donors (Lipinski definition) is 2. The summed E-state index contributed by atoms with van der Waals surface area (Å²) < 4.78 is 19.8. The second-order valence-corrected chi connectivity index (χ2v) is 9.75. The topological polar surface area (TPSA) is 61.8 Å². The van der Waals surface area contributed by atoms with Crippen molar-refractivity contribution in [3.63, 3.8) is 0 Å². The minimum atomic E-state index is -1.38. The molecular formula is C25H27Cl2FN2O3. The molecule has 0 saturated carbocycles. The molecule has 0 fully saturated rings. The summed E-state index contributed by atoms with van der Waals surface area (Å²) in [5, 5.41) is 14.1. The maximum absolute atomic E-state index is 13.3. The third-order valence-corrected chi connectivity index (χ3v) is 7.26. The summed E-state index contributed by atoms with van der Waals surface area (Å²) >= 11 is 12.9. The highest BCUT2D eigenvalue weighted by molar-refractivity contribution is 6.50. The third kappa shape index (κ3) is 4.09. The zero-order valence-corrected chi connectivity index (χ0v) is 20.3. The minimum absolute atomic E-state index is 0.0915. The Morgan fingerprint density at radius 1 is 1.21 bits per heavy atom. The van der Waals surface area contributed by atoms with E-state index in [0.717, 1.165) is 24.0 Å². The second kappa shape index (κ2) is 9.16. The number of rotatable bonds is 7. The minimum Gasteiger partial charge on any atom is -0.508 e. The number of fused-ring (bicyclic) bond motifs is 1. The van der Waals surface area contributed by atoms with E-state index in [1.807, 2.05) is 0 Å². The molecule has 1 amide bonds. The molecule has 8 heteroatoms. The number of carbonyl (C=O) groups is 1. The lowest BCUT2D eigenvalue weighted by atomic mass is 9.94. The van der Waals surface area contributed by atoms with Crippen LogP contribution in [0.15, 0.2) is 46.5 Å². The number of ether oxygens (including phenoxy) is 1. The maximum atomic E-state index is 13.3. The standard InChI is InChI=1S/C25H27Cl2FN2O3/c1-14(2)5-4-6-17-19(31)12-11-18-21(17)33-25(22(27)20(26)24(32)30(25)3)23(18)29-13-15-7-9-16(28)10-8-15/h7-12,14,23,29,31H,4-6,13H2,1-3H3. The first kappa shape index (κ1) is 23.9. The van der Waals surface area contributed by atoms with Gasteiger partial charge in [-0.15, -0.1) is 0 Å². The van der Waals surface area contributed by atoms with Crippen molar-refractivity contribution < 1.29 is 19.0 Å². The van der Waals surface area contributed by atoms with Crippen LogP contribution in [0.5, 0.6) is 11.5 Å². The summed E-state index contributed by atoms with van der Waals surface area (Å²) in [6.45, 7) is 4.69. The summed E-state index contributed by atoms with van der Waals surface area (Å²) in [6.07, 6.45) is 2.51. The van der Waals surface area contributed by atoms with Crippen molar-refractivity contribution in [1.29, 1.82) is 0 Å². The van der Waals surface area contributed by atoms with Crippen molar-refractivity contribution >= 4 is 29.1 Å². The monoisotopic (exact) mass is 492 g/mol. The van der Waals surface area contributed by atoms with Gasteiger partial charge in [-0.2, -0.15) is 0 Å². The van der Waals surface area contributed by atoms with Crippen LogP contribution in [-0.4, -0.2) is 28.7 Å². The molecule has 2 aromatic rings. The molecule has 0 radical (unpaired) electrons. The van der Waals surface area contributed by atoms with Crippen LogP contribution in [0, 0.1) is 11.7 Å². The van der Waals surface area contributed by atoms with Gasteiger partial charge in [0.05, 0.1) is 0 Å². The van der Waals surface area contributed by atoms with Gasteiger partial charge in [-0.25, -0.2) is 4.39 Å². The maximum Gasteiger partial charge on any atom is 0.269 e. The molecule has 0 saturated heterocycles. The highest BCUT2D eigenvalue weighted by atomic mass is 35.5. The number of amides is 1. The van der Waals surface area contributed by atoms with E-state index in [1.54, 1.807) is 31.3 Å². The molecule has 5 nitrogen and oxygen atoms in total. The van der Waals surface area contributed by atoms with E-state index >= 15 is 0 Å². The van der Waals surface area contributed by atoms with E-state index in [1.165, 1.54) is 17.0 Å². The van der Waals surface area contributed by atoms with Crippen LogP contribution in [0.3, 0.4) is 0 Å². The zero-order chi connectivity index (χ0) is 23.9. The van der Waals surface area contributed by atoms with Gasteiger partial charge in [-0.05, 0) is 48.6 Å². The number of carbonyl (C=O) groups excluding carboxylic acids is 1. The van der Waals surface area contributed by atoms with Crippen molar-refractivity contribution in [1.82, 2.24) is 10.2 Å². The molecule has 0 aromatic heterocycles. The molecule has 4 rings (SSSR count). The number of hydrogen-bond acceptors (Lipinski definition) is 4. The SMILES string of the molecule is CC(C)CCCc1c(O)ccc2c1OC1(C(Cl)=C(Cl)C(=O)N1C)C2NCc1ccc(F)cc1. The Bertz CT molecular complexity index is 1100. The Kier molecular flexibility index (Phi) is 6.63. The summed E-state index contributed by atoms with van der Waals surface area (Å²) in [7, 11) is 1.59. The average Bonchev–Trinajstić information content (AvgIpc) is 3.19. The fraction of sp³-hybridized carbons (Fsp3) is 0.400. The van der Waals surface area contributed by atoms with Crippen molar-refractivity contribution in [2.45, 2.75) is 51.4 Å². The van der Waals surface area contributed by atoms with Crippen molar-refractivity contribution in [2.75, 3.05) is 7.05 Å². The Morgan fingerprint density at radius 3 is 2.52 bits per heavy atom. The van der Waals surface area contributed by atoms with E-state index < -0.39 is 17.7 Å². The van der Waals surface area contributed by atoms with Crippen LogP contribution in [0.4, 0.5) is 4.39 Å². The largest absolute Gasteiger partial charge is 0.508 e. The number of benzene rings is 2. The van der Waals surface area contributed by atoms with E-state index in [-0.39, 0.29) is 21.6 Å². The van der Waals surface area contributed by atoms with Crippen LogP contribution < -0.4 is 10.1 Å². The number of aromatic hydroxyl groups is 1. The van der Waals surface area contributed by atoms with Gasteiger partial charge in [0.25, 0.3) is 5.91 Å². The molecule has 2 unspecified atom stereocenters. The summed E-state index contributed by atoms with van der Waals surface area (Å²) in [4.78, 5) is 14.1. The molecule has 2 aliphatic heterocycles. The van der Waals surface area contributed by atoms with Gasteiger partial charge in [0.15, 0.2) is 0 Å². The number of phenols is 1. The number of nitrogens with one attached hydrogen (secondary N) is 1. The summed E-state index contributed by atoms with van der Waals surface area (Å²) in [5.41, 5.74) is 0.943. The van der Waals surface area contributed by atoms with Gasteiger partial charge in [0, 0.05) is 24.7 Å². The molecule has 176 valence electrons. The Morgan fingerprint density at radius 2 is 1.91 bits per heavy atom. The molecule has 0 aliphatic carbocycles. The highest BCUT2D eigenvalue weighted by Crippen LogP contribution is 2.56. The van der Waals surface area contributed by atoms with Crippen molar-refractivity contribution in [3.05, 3.63) is 69.0 Å². The van der Waals surface area contributed by atoms with Crippen LogP contribution in [0.2, 0.25) is 0 Å². The van der Waals surface area contributed by atoms with E-state index in [9.17, 15) is 14.3 Å². The first-order valence-corrected chi connectivity index (χ1v) is 11.8. The lowest BCUT2D eigenvalue weighted by Gasteiger charge is -2.37. The third-order valence-electron chi connectivity index (χ3n) is 6.36. The van der Waals surface area contributed by atoms with Gasteiger partial charge >= 0.3 is 0 Å². The van der Waals surface area contributed by atoms with E-state index in [0.29, 0.717) is 30.2 Å². The molecule has 2 aromatic carbocycles. The molecule has 2 N–H and O–H groups in total. The number of phenolic OH excluding ortho intramolecular Hbond substituents is 1. The van der Waals surface area contributed by atoms with Crippen LogP contribution in [0.25, 0.3) is 0 Å². The van der Waals surface area contributed by atoms with Crippen molar-refractivity contribution in [2.24, 2.45) is 5.92 Å². The first-order valence-electron chi connectivity index (χ1n) is 11.0. The summed E-state index contributed by atoms with van der Waals surface area (Å²) in [6, 6.07) is 9.04. The molecule has 2 aliphatic rings. The molecule has 2 heterocycles. The molecule has 0 bridgehead atoms. The Hall–Kier alpha value is -2.28. The van der Waals surface area contributed by atoms with Gasteiger partial charge in [-0.3, -0.25) is 9.69 Å².